The van der Waals surface area contributed by atoms with Gasteiger partial charge in [0, 0.05) is 13.6 Å². The molecule has 0 bridgehead atoms. The lowest BCUT2D eigenvalue weighted by molar-refractivity contribution is 0.484. The fourth-order valence-electron chi connectivity index (χ4n) is 1.68. The highest BCUT2D eigenvalue weighted by Crippen LogP contribution is 2.27. The van der Waals surface area contributed by atoms with E-state index in [4.69, 9.17) is 10.3 Å². The second kappa shape index (κ2) is 6.62. The number of hydrogen-bond donors (Lipinski definition) is 3. The SMILES string of the molecule is C/N=N/c1c(C)nn(-c2ncnc(NCCS(=O)(=O)O)n2)c1N. The zero-order valence-electron chi connectivity index (χ0n) is 12.4. The Kier molecular flexibility index (Phi) is 4.80. The number of anilines is 2. The summed E-state index contributed by atoms with van der Waals surface area (Å²) in [5, 5.41) is 14.4. The fraction of sp³-hybridized carbons (Fsp3) is 0.400. The maximum absolute atomic E-state index is 10.7. The first kappa shape index (κ1) is 16.7. The van der Waals surface area contributed by atoms with Gasteiger partial charge in [0.1, 0.15) is 6.33 Å². The summed E-state index contributed by atoms with van der Waals surface area (Å²) in [6, 6.07) is 0. The molecule has 2 heterocycles. The maximum Gasteiger partial charge on any atom is 0.266 e. The van der Waals surface area contributed by atoms with Crippen LogP contribution in [0.25, 0.3) is 5.95 Å². The molecule has 23 heavy (non-hydrogen) atoms. The van der Waals surface area contributed by atoms with Crippen LogP contribution in [0.1, 0.15) is 5.69 Å². The van der Waals surface area contributed by atoms with Crippen molar-refractivity contribution in [3.63, 3.8) is 0 Å². The molecular formula is C10H15N9O3S. The van der Waals surface area contributed by atoms with Crippen molar-refractivity contribution in [1.82, 2.24) is 24.7 Å². The minimum absolute atomic E-state index is 0.0643. The molecule has 0 radical (unpaired) electrons. The van der Waals surface area contributed by atoms with Crippen LogP contribution >= 0.6 is 0 Å². The monoisotopic (exact) mass is 341 g/mol. The molecule has 0 atom stereocenters. The molecule has 2 aromatic rings. The highest BCUT2D eigenvalue weighted by Gasteiger charge is 2.16. The molecule has 0 unspecified atom stereocenters. The Morgan fingerprint density at radius 1 is 1.43 bits per heavy atom. The van der Waals surface area contributed by atoms with Crippen molar-refractivity contribution in [2.24, 2.45) is 10.2 Å². The summed E-state index contributed by atoms with van der Waals surface area (Å²) >= 11 is 0. The Balaban J connectivity index is 2.25. The molecule has 0 aliphatic rings. The zero-order chi connectivity index (χ0) is 17.0. The molecule has 0 fully saturated rings. The molecule has 2 aromatic heterocycles. The smallest absolute Gasteiger partial charge is 0.266 e. The Labute approximate surface area is 131 Å². The molecule has 0 aliphatic heterocycles. The molecule has 0 spiro atoms. The lowest BCUT2D eigenvalue weighted by Crippen LogP contribution is -2.17. The Hall–Kier alpha value is -2.67. The summed E-state index contributed by atoms with van der Waals surface area (Å²) in [5.41, 5.74) is 6.90. The molecule has 0 saturated heterocycles. The highest BCUT2D eigenvalue weighted by atomic mass is 32.2. The second-order valence-corrected chi connectivity index (χ2v) is 5.93. The van der Waals surface area contributed by atoms with E-state index in [1.165, 1.54) is 18.1 Å². The van der Waals surface area contributed by atoms with Crippen molar-refractivity contribution >= 4 is 27.6 Å². The summed E-state index contributed by atoms with van der Waals surface area (Å²) in [7, 11) is -2.56. The third kappa shape index (κ3) is 4.17. The summed E-state index contributed by atoms with van der Waals surface area (Å²) in [6.07, 6.45) is 1.22. The van der Waals surface area contributed by atoms with Gasteiger partial charge in [0.25, 0.3) is 16.1 Å². The Morgan fingerprint density at radius 3 is 2.83 bits per heavy atom. The van der Waals surface area contributed by atoms with Gasteiger partial charge in [-0.25, -0.2) is 4.98 Å². The first-order chi connectivity index (χ1) is 10.8. The summed E-state index contributed by atoms with van der Waals surface area (Å²) in [4.78, 5) is 11.9. The van der Waals surface area contributed by atoms with Gasteiger partial charge in [-0.15, -0.1) is 0 Å². The standard InChI is InChI=1S/C10H15N9O3S/c1-6-7(17-12-2)8(11)19(18-6)10-15-5-14-9(16-10)13-3-4-23(20,21)22/h5H,3-4,11H2,1-2H3,(H,20,21,22)(H,13,14,15,16)/b17-12+. The molecule has 0 aliphatic carbocycles. The largest absolute Gasteiger partial charge is 0.382 e. The lowest BCUT2D eigenvalue weighted by atomic mass is 10.4. The van der Waals surface area contributed by atoms with Crippen LogP contribution in [0.2, 0.25) is 0 Å². The van der Waals surface area contributed by atoms with E-state index in [1.807, 2.05) is 0 Å². The number of nitrogens with two attached hydrogens (primary N) is 1. The number of aryl methyl sites for hydroxylation is 1. The third-order valence-electron chi connectivity index (χ3n) is 2.66. The van der Waals surface area contributed by atoms with Crippen molar-refractivity contribution in [3.8, 4) is 5.95 Å². The zero-order valence-corrected chi connectivity index (χ0v) is 13.2. The predicted molar refractivity (Wildman–Crippen MR) is 81.4 cm³/mol. The van der Waals surface area contributed by atoms with Gasteiger partial charge < -0.3 is 11.1 Å². The number of rotatable bonds is 6. The summed E-state index contributed by atoms with van der Waals surface area (Å²) in [6.45, 7) is 1.65. The molecule has 0 saturated carbocycles. The van der Waals surface area contributed by atoms with Gasteiger partial charge >= 0.3 is 0 Å². The van der Waals surface area contributed by atoms with Gasteiger partial charge in [-0.3, -0.25) is 4.55 Å². The van der Waals surface area contributed by atoms with Gasteiger partial charge in [0.2, 0.25) is 5.95 Å². The molecule has 0 aromatic carbocycles. The number of azo groups is 1. The van der Waals surface area contributed by atoms with Crippen LogP contribution in [0.5, 0.6) is 0 Å². The normalized spacial score (nSPS) is 12.0. The quantitative estimate of drug-likeness (QED) is 0.481. The van der Waals surface area contributed by atoms with Crippen LogP contribution in [0, 0.1) is 6.92 Å². The van der Waals surface area contributed by atoms with E-state index in [2.05, 4.69) is 35.6 Å². The molecule has 12 nitrogen and oxygen atoms in total. The van der Waals surface area contributed by atoms with Gasteiger partial charge in [0.15, 0.2) is 11.5 Å². The van der Waals surface area contributed by atoms with Crippen LogP contribution in [0.4, 0.5) is 17.5 Å². The fourth-order valence-corrected chi connectivity index (χ4v) is 2.04. The number of aromatic nitrogens is 5. The van der Waals surface area contributed by atoms with Gasteiger partial charge in [-0.1, -0.05) is 0 Å². The minimum Gasteiger partial charge on any atom is -0.382 e. The van der Waals surface area contributed by atoms with Crippen molar-refractivity contribution in [3.05, 3.63) is 12.0 Å². The molecule has 0 amide bonds. The van der Waals surface area contributed by atoms with Gasteiger partial charge in [-0.05, 0) is 6.92 Å². The van der Waals surface area contributed by atoms with Crippen LogP contribution in [-0.4, -0.2) is 57.0 Å². The molecule has 13 heteroatoms. The topological polar surface area (TPSA) is 174 Å². The van der Waals surface area contributed by atoms with E-state index >= 15 is 0 Å². The maximum atomic E-state index is 10.7. The van der Waals surface area contributed by atoms with E-state index in [-0.39, 0.29) is 24.3 Å². The summed E-state index contributed by atoms with van der Waals surface area (Å²) < 4.78 is 31.3. The minimum atomic E-state index is -4.07. The predicted octanol–water partition coefficient (Wildman–Crippen LogP) is -0.0389. The average molecular weight is 341 g/mol. The molecule has 4 N–H and O–H groups in total. The van der Waals surface area contributed by atoms with E-state index in [0.29, 0.717) is 11.4 Å². The average Bonchev–Trinajstić information content (AvgIpc) is 2.75. The van der Waals surface area contributed by atoms with Gasteiger partial charge in [-0.2, -0.15) is 38.4 Å². The Morgan fingerprint density at radius 2 is 2.17 bits per heavy atom. The van der Waals surface area contributed by atoms with Crippen LogP contribution in [0.3, 0.4) is 0 Å². The van der Waals surface area contributed by atoms with Crippen LogP contribution < -0.4 is 11.1 Å². The first-order valence-corrected chi connectivity index (χ1v) is 7.96. The third-order valence-corrected chi connectivity index (χ3v) is 3.38. The van der Waals surface area contributed by atoms with Crippen molar-refractivity contribution in [2.45, 2.75) is 6.92 Å². The van der Waals surface area contributed by atoms with E-state index in [1.54, 1.807) is 6.92 Å². The van der Waals surface area contributed by atoms with E-state index < -0.39 is 15.9 Å². The van der Waals surface area contributed by atoms with Crippen molar-refractivity contribution < 1.29 is 13.0 Å². The first-order valence-electron chi connectivity index (χ1n) is 6.35. The van der Waals surface area contributed by atoms with Crippen LogP contribution in [-0.2, 0) is 10.1 Å². The number of nitrogens with zero attached hydrogens (tertiary/aromatic N) is 7. The molecule has 124 valence electrons. The number of nitrogens with one attached hydrogen (secondary N) is 1. The number of hydrogen-bond acceptors (Lipinski definition) is 10. The van der Waals surface area contributed by atoms with Crippen molar-refractivity contribution in [1.29, 1.82) is 0 Å². The highest BCUT2D eigenvalue weighted by molar-refractivity contribution is 7.85. The summed E-state index contributed by atoms with van der Waals surface area (Å²) in [5.74, 6) is -0.0153. The molecule has 2 rings (SSSR count). The second-order valence-electron chi connectivity index (χ2n) is 4.35. The number of nitrogen functional groups attached to an aromatic ring is 1. The van der Waals surface area contributed by atoms with Gasteiger partial charge in [0.05, 0.1) is 11.4 Å². The van der Waals surface area contributed by atoms with Crippen LogP contribution in [0.15, 0.2) is 16.6 Å². The van der Waals surface area contributed by atoms with Crippen molar-refractivity contribution in [2.75, 3.05) is 30.4 Å². The van der Waals surface area contributed by atoms with E-state index in [9.17, 15) is 8.42 Å². The lowest BCUT2D eigenvalue weighted by Gasteiger charge is -2.05. The Bertz CT molecular complexity index is 830. The molecular weight excluding hydrogens is 326 g/mol. The van der Waals surface area contributed by atoms with E-state index in [0.717, 1.165) is 0 Å².